The predicted octanol–water partition coefficient (Wildman–Crippen LogP) is 5.05. The molecule has 0 spiro atoms. The zero-order valence-electron chi connectivity index (χ0n) is 15.6. The third kappa shape index (κ3) is 4.13. The standard InChI is InChI=1S/C20H21N3O4S/c1-3-23(4-2)16-8-6-15(7-9-16)21-22-20-18-11-10-17(28(25,26)27)13-14(18)5-12-19(20)24/h5-13,24H,3-4H2,1-2H3,(H,25,26,27). The van der Waals surface area contributed by atoms with Crippen molar-refractivity contribution in [1.29, 1.82) is 0 Å². The number of aromatic hydroxyl groups is 1. The second kappa shape index (κ2) is 7.95. The van der Waals surface area contributed by atoms with Crippen LogP contribution in [0.4, 0.5) is 17.1 Å². The molecule has 7 nitrogen and oxygen atoms in total. The monoisotopic (exact) mass is 399 g/mol. The molecule has 8 heteroatoms. The number of nitrogens with zero attached hydrogens (tertiary/aromatic N) is 3. The van der Waals surface area contributed by atoms with E-state index in [2.05, 4.69) is 29.0 Å². The Hall–Kier alpha value is -2.97. The molecule has 0 atom stereocenters. The molecule has 0 aliphatic rings. The van der Waals surface area contributed by atoms with E-state index in [1.54, 1.807) is 6.07 Å². The van der Waals surface area contributed by atoms with Gasteiger partial charge in [0.2, 0.25) is 0 Å². The molecule has 0 aliphatic heterocycles. The van der Waals surface area contributed by atoms with Crippen LogP contribution < -0.4 is 4.90 Å². The van der Waals surface area contributed by atoms with E-state index in [0.29, 0.717) is 16.5 Å². The second-order valence-corrected chi connectivity index (χ2v) is 7.60. The van der Waals surface area contributed by atoms with Crippen LogP contribution in [0.3, 0.4) is 0 Å². The molecule has 28 heavy (non-hydrogen) atoms. The SMILES string of the molecule is CCN(CC)c1ccc(N=Nc2c(O)ccc3cc(S(=O)(=O)O)ccc23)cc1. The highest BCUT2D eigenvalue weighted by atomic mass is 32.2. The van der Waals surface area contributed by atoms with Crippen LogP contribution >= 0.6 is 0 Å². The summed E-state index contributed by atoms with van der Waals surface area (Å²) in [7, 11) is -4.31. The van der Waals surface area contributed by atoms with E-state index in [1.807, 2.05) is 24.3 Å². The number of rotatable bonds is 6. The van der Waals surface area contributed by atoms with Gasteiger partial charge in [-0.1, -0.05) is 12.1 Å². The highest BCUT2D eigenvalue weighted by Crippen LogP contribution is 2.37. The van der Waals surface area contributed by atoms with Gasteiger partial charge in [-0.25, -0.2) is 0 Å². The van der Waals surface area contributed by atoms with Gasteiger partial charge in [-0.05, 0) is 61.7 Å². The maximum absolute atomic E-state index is 11.3. The van der Waals surface area contributed by atoms with Crippen molar-refractivity contribution in [2.75, 3.05) is 18.0 Å². The Morgan fingerprint density at radius 1 is 0.929 bits per heavy atom. The van der Waals surface area contributed by atoms with Crippen molar-refractivity contribution in [2.45, 2.75) is 18.7 Å². The Morgan fingerprint density at radius 2 is 1.61 bits per heavy atom. The van der Waals surface area contributed by atoms with Crippen molar-refractivity contribution < 1.29 is 18.1 Å². The van der Waals surface area contributed by atoms with Crippen molar-refractivity contribution >= 4 is 38.0 Å². The van der Waals surface area contributed by atoms with Crippen molar-refractivity contribution in [3.8, 4) is 5.75 Å². The predicted molar refractivity (Wildman–Crippen MR) is 110 cm³/mol. The summed E-state index contributed by atoms with van der Waals surface area (Å²) < 4.78 is 31.8. The first-order valence-electron chi connectivity index (χ1n) is 8.83. The maximum Gasteiger partial charge on any atom is 0.294 e. The van der Waals surface area contributed by atoms with E-state index in [0.717, 1.165) is 18.8 Å². The van der Waals surface area contributed by atoms with E-state index in [-0.39, 0.29) is 16.3 Å². The summed E-state index contributed by atoms with van der Waals surface area (Å²) >= 11 is 0. The number of hydrogen-bond donors (Lipinski definition) is 2. The third-order valence-electron chi connectivity index (χ3n) is 4.48. The van der Waals surface area contributed by atoms with Crippen LogP contribution in [0.25, 0.3) is 10.8 Å². The number of anilines is 1. The molecule has 3 aromatic rings. The largest absolute Gasteiger partial charge is 0.506 e. The van der Waals surface area contributed by atoms with Gasteiger partial charge >= 0.3 is 0 Å². The van der Waals surface area contributed by atoms with Crippen LogP contribution in [-0.2, 0) is 10.1 Å². The number of azo groups is 1. The first-order valence-corrected chi connectivity index (χ1v) is 10.3. The Balaban J connectivity index is 1.96. The lowest BCUT2D eigenvalue weighted by molar-refractivity contribution is 0.477. The Bertz CT molecular complexity index is 1120. The zero-order valence-corrected chi connectivity index (χ0v) is 16.4. The molecule has 0 radical (unpaired) electrons. The number of fused-ring (bicyclic) bond motifs is 1. The van der Waals surface area contributed by atoms with Crippen molar-refractivity contribution in [3.63, 3.8) is 0 Å². The number of phenols is 1. The molecule has 0 heterocycles. The van der Waals surface area contributed by atoms with Crippen LogP contribution in [-0.4, -0.2) is 31.2 Å². The molecule has 0 aromatic heterocycles. The number of phenolic OH excluding ortho intramolecular Hbond substituents is 1. The first-order chi connectivity index (χ1) is 13.3. The van der Waals surface area contributed by atoms with E-state index >= 15 is 0 Å². The zero-order chi connectivity index (χ0) is 20.3. The summed E-state index contributed by atoms with van der Waals surface area (Å²) in [6.45, 7) is 6.00. The Morgan fingerprint density at radius 3 is 2.21 bits per heavy atom. The molecule has 0 aliphatic carbocycles. The van der Waals surface area contributed by atoms with Gasteiger partial charge in [-0.15, -0.1) is 5.11 Å². The van der Waals surface area contributed by atoms with Gasteiger partial charge < -0.3 is 10.0 Å². The van der Waals surface area contributed by atoms with Crippen LogP contribution in [0.5, 0.6) is 5.75 Å². The highest BCUT2D eigenvalue weighted by molar-refractivity contribution is 7.85. The molecular weight excluding hydrogens is 378 g/mol. The second-order valence-electron chi connectivity index (χ2n) is 6.18. The summed E-state index contributed by atoms with van der Waals surface area (Å²) in [4.78, 5) is 1.99. The minimum atomic E-state index is -4.31. The lowest BCUT2D eigenvalue weighted by atomic mass is 10.1. The summed E-state index contributed by atoms with van der Waals surface area (Å²) in [5, 5.41) is 19.6. The quantitative estimate of drug-likeness (QED) is 0.446. The molecule has 0 saturated heterocycles. The van der Waals surface area contributed by atoms with Gasteiger partial charge in [0.1, 0.15) is 11.4 Å². The summed E-state index contributed by atoms with van der Waals surface area (Å²) in [5.41, 5.74) is 1.95. The summed E-state index contributed by atoms with van der Waals surface area (Å²) in [6, 6.07) is 14.6. The van der Waals surface area contributed by atoms with E-state index in [1.165, 1.54) is 24.3 Å². The minimum absolute atomic E-state index is 0.0735. The van der Waals surface area contributed by atoms with Gasteiger partial charge in [0.15, 0.2) is 0 Å². The lowest BCUT2D eigenvalue weighted by Crippen LogP contribution is -2.21. The molecule has 0 fully saturated rings. The first kappa shape index (κ1) is 19.8. The third-order valence-corrected chi connectivity index (χ3v) is 5.33. The molecule has 3 rings (SSSR count). The molecule has 2 N–H and O–H groups in total. The molecule has 0 unspecified atom stereocenters. The average Bonchev–Trinajstić information content (AvgIpc) is 2.68. The van der Waals surface area contributed by atoms with Crippen molar-refractivity contribution in [3.05, 3.63) is 54.6 Å². The fraction of sp³-hybridized carbons (Fsp3) is 0.200. The maximum atomic E-state index is 11.3. The van der Waals surface area contributed by atoms with Crippen molar-refractivity contribution in [1.82, 2.24) is 0 Å². The van der Waals surface area contributed by atoms with Gasteiger partial charge in [0.25, 0.3) is 10.1 Å². The lowest BCUT2D eigenvalue weighted by Gasteiger charge is -2.20. The number of benzene rings is 3. The van der Waals surface area contributed by atoms with Gasteiger partial charge in [0.05, 0.1) is 10.6 Å². The molecule has 146 valence electrons. The van der Waals surface area contributed by atoms with Crippen molar-refractivity contribution in [2.24, 2.45) is 10.2 Å². The van der Waals surface area contributed by atoms with E-state index < -0.39 is 10.1 Å². The van der Waals surface area contributed by atoms with Crippen LogP contribution in [0.2, 0.25) is 0 Å². The smallest absolute Gasteiger partial charge is 0.294 e. The van der Waals surface area contributed by atoms with E-state index in [9.17, 15) is 18.1 Å². The van der Waals surface area contributed by atoms with Gasteiger partial charge in [-0.2, -0.15) is 13.5 Å². The molecule has 3 aromatic carbocycles. The fourth-order valence-electron chi connectivity index (χ4n) is 2.97. The average molecular weight is 399 g/mol. The fourth-order valence-corrected chi connectivity index (χ4v) is 3.49. The minimum Gasteiger partial charge on any atom is -0.506 e. The Kier molecular flexibility index (Phi) is 5.62. The summed E-state index contributed by atoms with van der Waals surface area (Å²) in [6.07, 6.45) is 0. The molecular formula is C20H21N3O4S. The molecule has 0 amide bonds. The van der Waals surface area contributed by atoms with E-state index in [4.69, 9.17) is 0 Å². The van der Waals surface area contributed by atoms with Crippen LogP contribution in [0, 0.1) is 0 Å². The Labute approximate surface area is 163 Å². The number of hydrogen-bond acceptors (Lipinski definition) is 6. The van der Waals surface area contributed by atoms with Crippen LogP contribution in [0.1, 0.15) is 13.8 Å². The highest BCUT2D eigenvalue weighted by Gasteiger charge is 2.13. The summed E-state index contributed by atoms with van der Waals surface area (Å²) in [5.74, 6) is -0.0735. The van der Waals surface area contributed by atoms with Crippen LogP contribution in [0.15, 0.2) is 69.7 Å². The normalized spacial score (nSPS) is 12.0. The molecule has 0 saturated carbocycles. The topological polar surface area (TPSA) is 103 Å². The van der Waals surface area contributed by atoms with Gasteiger partial charge in [0, 0.05) is 24.2 Å². The van der Waals surface area contributed by atoms with Gasteiger partial charge in [-0.3, -0.25) is 4.55 Å². The molecule has 0 bridgehead atoms.